The molecule has 21 heavy (non-hydrogen) atoms. The van der Waals surface area contributed by atoms with Crippen LogP contribution in [0.25, 0.3) is 0 Å². The summed E-state index contributed by atoms with van der Waals surface area (Å²) in [6.45, 7) is 1.48. The highest BCUT2D eigenvalue weighted by molar-refractivity contribution is 6.31. The highest BCUT2D eigenvalue weighted by atomic mass is 35.5. The summed E-state index contributed by atoms with van der Waals surface area (Å²) in [5.74, 6) is 7.16. The van der Waals surface area contributed by atoms with E-state index in [1.807, 2.05) is 55.6 Å². The van der Waals surface area contributed by atoms with Crippen molar-refractivity contribution in [2.45, 2.75) is 6.54 Å². The van der Waals surface area contributed by atoms with Crippen molar-refractivity contribution in [1.82, 2.24) is 4.90 Å². The summed E-state index contributed by atoms with van der Waals surface area (Å²) < 4.78 is 5.12. The van der Waals surface area contributed by atoms with Crippen molar-refractivity contribution >= 4 is 11.6 Å². The SMILES string of the molecule is COc1ccc(C#CCN(C)Cc2ccccc2Cl)cc1. The average Bonchev–Trinajstić information content (AvgIpc) is 2.50. The fourth-order valence-corrected chi connectivity index (χ4v) is 2.12. The summed E-state index contributed by atoms with van der Waals surface area (Å²) in [7, 11) is 3.69. The summed E-state index contributed by atoms with van der Waals surface area (Å²) >= 11 is 6.15. The summed E-state index contributed by atoms with van der Waals surface area (Å²) in [6, 6.07) is 15.6. The number of ether oxygens (including phenoxy) is 1. The zero-order chi connectivity index (χ0) is 15.1. The minimum Gasteiger partial charge on any atom is -0.497 e. The van der Waals surface area contributed by atoms with E-state index < -0.39 is 0 Å². The maximum atomic E-state index is 6.15. The van der Waals surface area contributed by atoms with Gasteiger partial charge in [0.2, 0.25) is 0 Å². The van der Waals surface area contributed by atoms with Gasteiger partial charge in [-0.2, -0.15) is 0 Å². The molecule has 0 unspecified atom stereocenters. The van der Waals surface area contributed by atoms with Crippen LogP contribution in [0.5, 0.6) is 5.75 Å². The zero-order valence-electron chi connectivity index (χ0n) is 12.3. The zero-order valence-corrected chi connectivity index (χ0v) is 13.0. The molecule has 0 N–H and O–H groups in total. The first-order valence-corrected chi connectivity index (χ1v) is 7.11. The highest BCUT2D eigenvalue weighted by Gasteiger charge is 2.02. The molecule has 0 saturated carbocycles. The molecule has 0 saturated heterocycles. The quantitative estimate of drug-likeness (QED) is 0.796. The molecule has 0 aliphatic carbocycles. The van der Waals surface area contributed by atoms with Gasteiger partial charge in [-0.25, -0.2) is 0 Å². The molecule has 0 fully saturated rings. The number of hydrogen-bond acceptors (Lipinski definition) is 2. The Labute approximate surface area is 131 Å². The van der Waals surface area contributed by atoms with E-state index in [1.165, 1.54) is 0 Å². The van der Waals surface area contributed by atoms with E-state index in [2.05, 4.69) is 16.7 Å². The van der Waals surface area contributed by atoms with Crippen molar-refractivity contribution in [3.05, 3.63) is 64.7 Å². The van der Waals surface area contributed by atoms with Crippen molar-refractivity contribution in [3.63, 3.8) is 0 Å². The molecule has 0 aliphatic rings. The smallest absolute Gasteiger partial charge is 0.118 e. The van der Waals surface area contributed by atoms with Crippen LogP contribution < -0.4 is 4.74 Å². The Hall–Kier alpha value is -1.95. The van der Waals surface area contributed by atoms with Gasteiger partial charge in [0, 0.05) is 17.1 Å². The summed E-state index contributed by atoms with van der Waals surface area (Å²) in [5, 5.41) is 0.799. The lowest BCUT2D eigenvalue weighted by Gasteiger charge is -2.14. The predicted molar refractivity (Wildman–Crippen MR) is 87.7 cm³/mol. The summed E-state index contributed by atoms with van der Waals surface area (Å²) in [6.07, 6.45) is 0. The summed E-state index contributed by atoms with van der Waals surface area (Å²) in [4.78, 5) is 2.14. The fraction of sp³-hybridized carbons (Fsp3) is 0.222. The Morgan fingerprint density at radius 3 is 2.48 bits per heavy atom. The lowest BCUT2D eigenvalue weighted by atomic mass is 10.2. The molecule has 0 spiro atoms. The molecular weight excluding hydrogens is 282 g/mol. The molecule has 2 aromatic carbocycles. The third-order valence-corrected chi connectivity index (χ3v) is 3.44. The molecular formula is C18H18ClNO. The molecule has 0 aromatic heterocycles. The maximum absolute atomic E-state index is 6.15. The van der Waals surface area contributed by atoms with Crippen LogP contribution in [-0.4, -0.2) is 25.6 Å². The summed E-state index contributed by atoms with van der Waals surface area (Å²) in [5.41, 5.74) is 2.11. The predicted octanol–water partition coefficient (Wildman–Crippen LogP) is 3.83. The highest BCUT2D eigenvalue weighted by Crippen LogP contribution is 2.16. The standard InChI is InChI=1S/C18H18ClNO/c1-20(14-16-7-3-4-8-18(16)19)13-5-6-15-9-11-17(21-2)12-10-15/h3-4,7-12H,13-14H2,1-2H3. The van der Waals surface area contributed by atoms with Gasteiger partial charge in [0.25, 0.3) is 0 Å². The lowest BCUT2D eigenvalue weighted by molar-refractivity contribution is 0.369. The first kappa shape index (κ1) is 15.4. The molecule has 3 heteroatoms. The van der Waals surface area contributed by atoms with E-state index in [0.717, 1.165) is 28.4 Å². The maximum Gasteiger partial charge on any atom is 0.118 e. The van der Waals surface area contributed by atoms with Crippen LogP contribution >= 0.6 is 11.6 Å². The minimum absolute atomic E-state index is 0.692. The first-order chi connectivity index (χ1) is 10.2. The molecule has 2 aromatic rings. The number of hydrogen-bond donors (Lipinski definition) is 0. The van der Waals surface area contributed by atoms with Crippen molar-refractivity contribution in [2.75, 3.05) is 20.7 Å². The normalized spacial score (nSPS) is 10.1. The van der Waals surface area contributed by atoms with Gasteiger partial charge in [-0.05, 0) is 42.9 Å². The molecule has 0 radical (unpaired) electrons. The molecule has 0 atom stereocenters. The third-order valence-electron chi connectivity index (χ3n) is 3.07. The number of methoxy groups -OCH3 is 1. The van der Waals surface area contributed by atoms with Crippen LogP contribution in [0.2, 0.25) is 5.02 Å². The van der Waals surface area contributed by atoms with Crippen LogP contribution in [0, 0.1) is 11.8 Å². The van der Waals surface area contributed by atoms with Gasteiger partial charge < -0.3 is 4.74 Å². The van der Waals surface area contributed by atoms with Gasteiger partial charge in [0.15, 0.2) is 0 Å². The number of nitrogens with zero attached hydrogens (tertiary/aromatic N) is 1. The van der Waals surface area contributed by atoms with Gasteiger partial charge in [-0.3, -0.25) is 4.90 Å². The van der Waals surface area contributed by atoms with Crippen LogP contribution in [-0.2, 0) is 6.54 Å². The van der Waals surface area contributed by atoms with Crippen LogP contribution in [0.15, 0.2) is 48.5 Å². The van der Waals surface area contributed by atoms with E-state index in [1.54, 1.807) is 7.11 Å². The minimum atomic E-state index is 0.692. The molecule has 2 rings (SSSR count). The monoisotopic (exact) mass is 299 g/mol. The van der Waals surface area contributed by atoms with Gasteiger partial charge in [-0.1, -0.05) is 41.6 Å². The topological polar surface area (TPSA) is 12.5 Å². The lowest BCUT2D eigenvalue weighted by Crippen LogP contribution is -2.18. The third kappa shape index (κ3) is 4.82. The van der Waals surface area contributed by atoms with Crippen molar-refractivity contribution < 1.29 is 4.74 Å². The van der Waals surface area contributed by atoms with E-state index in [9.17, 15) is 0 Å². The van der Waals surface area contributed by atoms with Gasteiger partial charge >= 0.3 is 0 Å². The van der Waals surface area contributed by atoms with E-state index in [0.29, 0.717) is 6.54 Å². The van der Waals surface area contributed by atoms with Gasteiger partial charge in [-0.15, -0.1) is 0 Å². The molecule has 2 nitrogen and oxygen atoms in total. The average molecular weight is 300 g/mol. The van der Waals surface area contributed by atoms with E-state index in [4.69, 9.17) is 16.3 Å². The second-order valence-electron chi connectivity index (χ2n) is 4.79. The Kier molecular flexibility index (Phi) is 5.68. The first-order valence-electron chi connectivity index (χ1n) is 6.74. The Morgan fingerprint density at radius 2 is 1.81 bits per heavy atom. The Balaban J connectivity index is 1.90. The van der Waals surface area contributed by atoms with Crippen molar-refractivity contribution in [1.29, 1.82) is 0 Å². The molecule has 0 heterocycles. The Bertz CT molecular complexity index is 640. The molecule has 0 aliphatic heterocycles. The van der Waals surface area contributed by atoms with Crippen molar-refractivity contribution in [2.24, 2.45) is 0 Å². The van der Waals surface area contributed by atoms with Crippen LogP contribution in [0.1, 0.15) is 11.1 Å². The van der Waals surface area contributed by atoms with Crippen molar-refractivity contribution in [3.8, 4) is 17.6 Å². The fourth-order valence-electron chi connectivity index (χ4n) is 1.92. The molecule has 0 amide bonds. The van der Waals surface area contributed by atoms with E-state index in [-0.39, 0.29) is 0 Å². The largest absolute Gasteiger partial charge is 0.497 e. The molecule has 0 bridgehead atoms. The van der Waals surface area contributed by atoms with Crippen LogP contribution in [0.3, 0.4) is 0 Å². The van der Waals surface area contributed by atoms with Crippen LogP contribution in [0.4, 0.5) is 0 Å². The van der Waals surface area contributed by atoms with Gasteiger partial charge in [0.1, 0.15) is 5.75 Å². The Morgan fingerprint density at radius 1 is 1.10 bits per heavy atom. The van der Waals surface area contributed by atoms with Gasteiger partial charge in [0.05, 0.1) is 13.7 Å². The second kappa shape index (κ2) is 7.73. The molecule has 108 valence electrons. The van der Waals surface area contributed by atoms with E-state index >= 15 is 0 Å². The number of rotatable bonds is 4. The number of halogens is 1. The second-order valence-corrected chi connectivity index (χ2v) is 5.20. The number of benzene rings is 2.